The summed E-state index contributed by atoms with van der Waals surface area (Å²) in [4.78, 5) is 13.2. The molecular formula is C22H18N2O3S. The molecule has 4 rings (SSSR count). The molecule has 1 aromatic heterocycles. The highest BCUT2D eigenvalue weighted by atomic mass is 32.2. The van der Waals surface area contributed by atoms with Crippen molar-refractivity contribution in [1.82, 2.24) is 9.78 Å². The van der Waals surface area contributed by atoms with Gasteiger partial charge in [0, 0.05) is 5.39 Å². The molecule has 0 amide bonds. The van der Waals surface area contributed by atoms with E-state index in [4.69, 9.17) is 0 Å². The zero-order valence-electron chi connectivity index (χ0n) is 15.5. The van der Waals surface area contributed by atoms with Crippen LogP contribution in [-0.2, 0) is 9.84 Å². The Kier molecular flexibility index (Phi) is 4.35. The lowest BCUT2D eigenvalue weighted by molar-refractivity contribution is 0.596. The Balaban J connectivity index is 1.79. The van der Waals surface area contributed by atoms with Gasteiger partial charge in [-0.1, -0.05) is 35.9 Å². The zero-order valence-corrected chi connectivity index (χ0v) is 16.3. The third kappa shape index (κ3) is 3.01. The molecule has 0 aliphatic rings. The van der Waals surface area contributed by atoms with Crippen LogP contribution in [0.3, 0.4) is 0 Å². The molecule has 0 unspecified atom stereocenters. The SMILES string of the molecule is Cc1ccc(S(=O)(=O)c2ccc(-n3nc(C)c4ccccc4c3=O)cc2)cc1. The fourth-order valence-corrected chi connectivity index (χ4v) is 4.40. The first-order valence-corrected chi connectivity index (χ1v) is 10.3. The van der Waals surface area contributed by atoms with Gasteiger partial charge in [0.15, 0.2) is 0 Å². The maximum atomic E-state index is 12.8. The number of sulfone groups is 1. The molecule has 0 aliphatic heterocycles. The van der Waals surface area contributed by atoms with E-state index in [1.165, 1.54) is 16.8 Å². The molecule has 28 heavy (non-hydrogen) atoms. The van der Waals surface area contributed by atoms with Crippen LogP contribution < -0.4 is 5.56 Å². The van der Waals surface area contributed by atoms with E-state index in [0.29, 0.717) is 11.1 Å². The van der Waals surface area contributed by atoms with Gasteiger partial charge in [-0.25, -0.2) is 8.42 Å². The second-order valence-electron chi connectivity index (χ2n) is 6.66. The summed E-state index contributed by atoms with van der Waals surface area (Å²) in [5, 5.41) is 5.77. The molecule has 0 saturated heterocycles. The molecule has 0 aliphatic carbocycles. The normalized spacial score (nSPS) is 11.6. The van der Waals surface area contributed by atoms with Crippen molar-refractivity contribution in [3.8, 4) is 5.69 Å². The number of hydrogen-bond acceptors (Lipinski definition) is 4. The van der Waals surface area contributed by atoms with Gasteiger partial charge in [0.2, 0.25) is 9.84 Å². The summed E-state index contributed by atoms with van der Waals surface area (Å²) in [6.45, 7) is 3.75. The van der Waals surface area contributed by atoms with Gasteiger partial charge in [-0.3, -0.25) is 4.79 Å². The van der Waals surface area contributed by atoms with Gasteiger partial charge in [-0.05, 0) is 56.3 Å². The number of nitrogens with zero attached hydrogens (tertiary/aromatic N) is 2. The Hall–Kier alpha value is -3.25. The second kappa shape index (κ2) is 6.73. The van der Waals surface area contributed by atoms with E-state index >= 15 is 0 Å². The van der Waals surface area contributed by atoms with Gasteiger partial charge >= 0.3 is 0 Å². The molecule has 6 heteroatoms. The van der Waals surface area contributed by atoms with Crippen molar-refractivity contribution in [3.05, 3.63) is 94.4 Å². The quantitative estimate of drug-likeness (QED) is 0.533. The molecule has 0 atom stereocenters. The van der Waals surface area contributed by atoms with Gasteiger partial charge < -0.3 is 0 Å². The predicted octanol–water partition coefficient (Wildman–Crippen LogP) is 3.84. The first kappa shape index (κ1) is 18.1. The second-order valence-corrected chi connectivity index (χ2v) is 8.61. The average Bonchev–Trinajstić information content (AvgIpc) is 2.71. The summed E-state index contributed by atoms with van der Waals surface area (Å²) in [5.41, 5.74) is 2.00. The molecular weight excluding hydrogens is 372 g/mol. The minimum Gasteiger partial charge on any atom is -0.267 e. The van der Waals surface area contributed by atoms with Crippen LogP contribution in [0.5, 0.6) is 0 Å². The fourth-order valence-electron chi connectivity index (χ4n) is 3.14. The van der Waals surface area contributed by atoms with Crippen LogP contribution in [0.1, 0.15) is 11.3 Å². The molecule has 0 N–H and O–H groups in total. The Morgan fingerprint density at radius 2 is 1.29 bits per heavy atom. The molecule has 0 radical (unpaired) electrons. The van der Waals surface area contributed by atoms with E-state index in [-0.39, 0.29) is 15.4 Å². The largest absolute Gasteiger partial charge is 0.279 e. The molecule has 3 aromatic carbocycles. The number of hydrogen-bond donors (Lipinski definition) is 0. The molecule has 1 heterocycles. The summed E-state index contributed by atoms with van der Waals surface area (Å²) in [6, 6.07) is 20.2. The van der Waals surface area contributed by atoms with Crippen LogP contribution in [0.25, 0.3) is 16.5 Å². The summed E-state index contributed by atoms with van der Waals surface area (Å²) in [6.07, 6.45) is 0. The highest BCUT2D eigenvalue weighted by Gasteiger charge is 2.18. The smallest absolute Gasteiger partial charge is 0.267 e. The topological polar surface area (TPSA) is 69.0 Å². The van der Waals surface area contributed by atoms with Crippen molar-refractivity contribution in [2.75, 3.05) is 0 Å². The average molecular weight is 390 g/mol. The first-order chi connectivity index (χ1) is 13.4. The Labute approximate surface area is 162 Å². The van der Waals surface area contributed by atoms with Crippen LogP contribution in [-0.4, -0.2) is 18.2 Å². The number of aromatic nitrogens is 2. The van der Waals surface area contributed by atoms with E-state index < -0.39 is 9.84 Å². The molecule has 5 nitrogen and oxygen atoms in total. The monoisotopic (exact) mass is 390 g/mol. The number of benzene rings is 3. The zero-order chi connectivity index (χ0) is 19.9. The van der Waals surface area contributed by atoms with Crippen molar-refractivity contribution >= 4 is 20.6 Å². The van der Waals surface area contributed by atoms with Crippen molar-refractivity contribution < 1.29 is 8.42 Å². The van der Waals surface area contributed by atoms with E-state index in [1.54, 1.807) is 42.5 Å². The number of rotatable bonds is 3. The molecule has 4 aromatic rings. The molecule has 0 spiro atoms. The summed E-state index contributed by atoms with van der Waals surface area (Å²) in [7, 11) is -3.62. The Morgan fingerprint density at radius 1 is 0.750 bits per heavy atom. The number of aryl methyl sites for hydroxylation is 2. The number of fused-ring (bicyclic) bond motifs is 1. The minimum absolute atomic E-state index is 0.172. The minimum atomic E-state index is -3.62. The lowest BCUT2D eigenvalue weighted by atomic mass is 10.1. The fraction of sp³-hybridized carbons (Fsp3) is 0.0909. The van der Waals surface area contributed by atoms with Crippen molar-refractivity contribution in [3.63, 3.8) is 0 Å². The van der Waals surface area contributed by atoms with Gasteiger partial charge in [-0.2, -0.15) is 9.78 Å². The van der Waals surface area contributed by atoms with Crippen molar-refractivity contribution in [2.24, 2.45) is 0 Å². The lowest BCUT2D eigenvalue weighted by Crippen LogP contribution is -2.22. The van der Waals surface area contributed by atoms with Gasteiger partial charge in [0.1, 0.15) is 0 Å². The van der Waals surface area contributed by atoms with E-state index in [9.17, 15) is 13.2 Å². The highest BCUT2D eigenvalue weighted by Crippen LogP contribution is 2.22. The molecule has 140 valence electrons. The summed E-state index contributed by atoms with van der Waals surface area (Å²) in [5.74, 6) is 0. The van der Waals surface area contributed by atoms with Crippen LogP contribution in [0.15, 0.2) is 87.4 Å². The third-order valence-corrected chi connectivity index (χ3v) is 6.50. The molecule has 0 bridgehead atoms. The molecule has 0 fully saturated rings. The lowest BCUT2D eigenvalue weighted by Gasteiger charge is -2.10. The van der Waals surface area contributed by atoms with E-state index in [0.717, 1.165) is 16.6 Å². The van der Waals surface area contributed by atoms with Crippen LogP contribution in [0, 0.1) is 13.8 Å². The van der Waals surface area contributed by atoms with Gasteiger partial charge in [-0.15, -0.1) is 0 Å². The Bertz CT molecular complexity index is 1340. The van der Waals surface area contributed by atoms with Crippen LogP contribution in [0.2, 0.25) is 0 Å². The van der Waals surface area contributed by atoms with Gasteiger partial charge in [0.25, 0.3) is 5.56 Å². The highest BCUT2D eigenvalue weighted by molar-refractivity contribution is 7.91. The maximum Gasteiger partial charge on any atom is 0.279 e. The van der Waals surface area contributed by atoms with Gasteiger partial charge in [0.05, 0.1) is 26.6 Å². The predicted molar refractivity (Wildman–Crippen MR) is 109 cm³/mol. The summed E-state index contributed by atoms with van der Waals surface area (Å²) >= 11 is 0. The third-order valence-electron chi connectivity index (χ3n) is 4.71. The standard InChI is InChI=1S/C22H18N2O3S/c1-15-7-11-18(12-8-15)28(26,27)19-13-9-17(10-14-19)24-22(25)21-6-4-3-5-20(21)16(2)23-24/h3-14H,1-2H3. The Morgan fingerprint density at radius 3 is 1.89 bits per heavy atom. The van der Waals surface area contributed by atoms with E-state index in [2.05, 4.69) is 5.10 Å². The maximum absolute atomic E-state index is 12.8. The first-order valence-electron chi connectivity index (χ1n) is 8.79. The summed E-state index contributed by atoms with van der Waals surface area (Å²) < 4.78 is 26.9. The van der Waals surface area contributed by atoms with Crippen LogP contribution >= 0.6 is 0 Å². The van der Waals surface area contributed by atoms with E-state index in [1.807, 2.05) is 32.0 Å². The van der Waals surface area contributed by atoms with Crippen molar-refractivity contribution in [2.45, 2.75) is 23.6 Å². The molecule has 0 saturated carbocycles. The van der Waals surface area contributed by atoms with Crippen molar-refractivity contribution in [1.29, 1.82) is 0 Å². The van der Waals surface area contributed by atoms with Crippen LogP contribution in [0.4, 0.5) is 0 Å².